The Balaban J connectivity index is 0. The zero-order valence-electron chi connectivity index (χ0n) is 6.23. The van der Waals surface area contributed by atoms with Crippen molar-refractivity contribution in [1.82, 2.24) is 0 Å². The second kappa shape index (κ2) is 17.5. The summed E-state index contributed by atoms with van der Waals surface area (Å²) in [5.74, 6) is 0. The topological polar surface area (TPSA) is 0 Å². The van der Waals surface area contributed by atoms with Crippen LogP contribution in [0.25, 0.3) is 0 Å². The third-order valence-corrected chi connectivity index (χ3v) is 0. The molecule has 0 unspecified atom stereocenters. The number of hydrogen-bond donors (Lipinski definition) is 0. The normalized spacial score (nSPS) is 0. The first-order valence-corrected chi connectivity index (χ1v) is 0. The average Bonchev–Trinajstić information content (AvgIpc) is 0. The molecular weight excluding hydrogens is 166 g/mol. The Morgan fingerprint density at radius 3 is 1.00 bits per heavy atom. The molecule has 0 rings (SSSR count). The molecule has 0 nitrogen and oxygen atoms in total. The van der Waals surface area contributed by atoms with E-state index in [2.05, 4.69) is 0 Å². The van der Waals surface area contributed by atoms with Crippen molar-refractivity contribution < 1.29 is 15.1 Å². The maximum Gasteiger partial charge on any atom is 2.00 e. The maximum atomic E-state index is 0. The zero-order chi connectivity index (χ0) is 0. The third-order valence-electron chi connectivity index (χ3n) is 0. The molecule has 0 aromatic heterocycles. The molecule has 0 aromatic carbocycles. The second-order valence-corrected chi connectivity index (χ2v) is 0. The molecule has 0 aliphatic heterocycles. The van der Waals surface area contributed by atoms with Gasteiger partial charge in [-0.05, 0) is 0 Å². The predicted molar refractivity (Wildman–Crippen MR) is 21.0 cm³/mol. The van der Waals surface area contributed by atoms with Crippen LogP contribution in [0.3, 0.4) is 0 Å². The van der Waals surface area contributed by atoms with Crippen LogP contribution in [0.1, 0.15) is 5.71 Å². The fraction of sp³-hybridized carbons (Fsp3) is 0. The van der Waals surface area contributed by atoms with Gasteiger partial charge in [0.2, 0.25) is 0 Å². The van der Waals surface area contributed by atoms with E-state index in [1.165, 1.54) is 0 Å². The summed E-state index contributed by atoms with van der Waals surface area (Å²) in [4.78, 5) is 0. The van der Waals surface area contributed by atoms with Crippen LogP contribution in [0.15, 0.2) is 0 Å². The van der Waals surface area contributed by atoms with Crippen LogP contribution in [0.2, 0.25) is 0 Å². The molecule has 0 fully saturated rings. The standard InChI is InChI=1S/Ca.2FH.Sr.4H/h;2*1H;;;;;/q+2;;;+2;4*-1. The molecule has 4 heavy (non-hydrogen) atoms. The molecule has 0 radical (unpaired) electrons. The van der Waals surface area contributed by atoms with Crippen molar-refractivity contribution in [3.8, 4) is 0 Å². The Kier molecular flexibility index (Phi) is 134. The van der Waals surface area contributed by atoms with Crippen LogP contribution in [0.5, 0.6) is 0 Å². The molecule has 0 aliphatic carbocycles. The SMILES string of the molecule is F.F.[Ca+2].[H-].[H-].[H-].[H-].[Sr+2]. The van der Waals surface area contributed by atoms with Crippen LogP contribution < -0.4 is 0 Å². The van der Waals surface area contributed by atoms with Crippen molar-refractivity contribution in [2.24, 2.45) is 0 Å². The zero-order valence-corrected chi connectivity index (χ0v) is 7.92. The van der Waals surface area contributed by atoms with Gasteiger partial charge in [-0.3, -0.25) is 9.41 Å². The minimum atomic E-state index is 0. The molecule has 0 aliphatic rings. The summed E-state index contributed by atoms with van der Waals surface area (Å²) in [5.41, 5.74) is 0. The summed E-state index contributed by atoms with van der Waals surface area (Å²) < 4.78 is 0. The van der Waals surface area contributed by atoms with Crippen molar-refractivity contribution in [3.63, 3.8) is 0 Å². The fourth-order valence-electron chi connectivity index (χ4n) is 0. The molecule has 0 atom stereocenters. The summed E-state index contributed by atoms with van der Waals surface area (Å²) in [6.07, 6.45) is 0. The van der Waals surface area contributed by atoms with Crippen molar-refractivity contribution >= 4 is 83.2 Å². The van der Waals surface area contributed by atoms with Gasteiger partial charge in [-0.15, -0.1) is 0 Å². The molecule has 0 heterocycles. The van der Waals surface area contributed by atoms with Gasteiger partial charge < -0.3 is 5.71 Å². The van der Waals surface area contributed by atoms with E-state index in [1.54, 1.807) is 0 Å². The van der Waals surface area contributed by atoms with Gasteiger partial charge in [0, 0.05) is 0 Å². The summed E-state index contributed by atoms with van der Waals surface area (Å²) in [5, 5.41) is 0. The molecule has 4 heteroatoms. The molecule has 0 amide bonds. The first-order chi connectivity index (χ1) is 0. The molecule has 0 bridgehead atoms. The monoisotopic (exact) mass is 172 g/mol. The summed E-state index contributed by atoms with van der Waals surface area (Å²) in [6, 6.07) is 0. The van der Waals surface area contributed by atoms with Gasteiger partial charge in [0.1, 0.15) is 0 Å². The van der Waals surface area contributed by atoms with E-state index in [0.29, 0.717) is 0 Å². The quantitative estimate of drug-likeness (QED) is 0.450. The van der Waals surface area contributed by atoms with Gasteiger partial charge in [-0.2, -0.15) is 0 Å². The molecule has 0 N–H and O–H groups in total. The van der Waals surface area contributed by atoms with Gasteiger partial charge in [0.05, 0.1) is 0 Å². The van der Waals surface area contributed by atoms with Crippen LogP contribution in [-0.2, 0) is 0 Å². The first kappa shape index (κ1) is 30.6. The molecular formula is H6CaF2Sr. The van der Waals surface area contributed by atoms with Crippen molar-refractivity contribution in [3.05, 3.63) is 0 Å². The van der Waals surface area contributed by atoms with Gasteiger partial charge in [0.25, 0.3) is 0 Å². The minimum absolute atomic E-state index is 0. The Bertz CT molecular complexity index is 14.0. The van der Waals surface area contributed by atoms with E-state index in [-0.39, 0.29) is 98.3 Å². The molecule has 0 saturated carbocycles. The first-order valence-electron chi connectivity index (χ1n) is 0. The van der Waals surface area contributed by atoms with Crippen LogP contribution >= 0.6 is 0 Å². The van der Waals surface area contributed by atoms with Gasteiger partial charge in [-0.25, -0.2) is 0 Å². The Morgan fingerprint density at radius 2 is 1.00 bits per heavy atom. The van der Waals surface area contributed by atoms with Crippen molar-refractivity contribution in [2.75, 3.05) is 0 Å². The fourth-order valence-corrected chi connectivity index (χ4v) is 0. The van der Waals surface area contributed by atoms with Crippen LogP contribution in [0, 0.1) is 0 Å². The average molecular weight is 172 g/mol. The molecule has 0 aromatic rings. The van der Waals surface area contributed by atoms with E-state index < -0.39 is 0 Å². The van der Waals surface area contributed by atoms with E-state index >= 15 is 0 Å². The molecule has 0 saturated heterocycles. The smallest absolute Gasteiger partial charge is 1.00 e. The van der Waals surface area contributed by atoms with Gasteiger partial charge in [-0.1, -0.05) is 0 Å². The molecule has 0 spiro atoms. The minimum Gasteiger partial charge on any atom is -1.00 e. The van der Waals surface area contributed by atoms with Crippen molar-refractivity contribution in [1.29, 1.82) is 0 Å². The predicted octanol–water partition coefficient (Wildman–Crippen LogP) is -0.00660. The third kappa shape index (κ3) is 8.82. The summed E-state index contributed by atoms with van der Waals surface area (Å²) in [6.45, 7) is 0. The largest absolute Gasteiger partial charge is 2.00 e. The van der Waals surface area contributed by atoms with E-state index in [0.717, 1.165) is 0 Å². The number of hydrogen-bond acceptors (Lipinski definition) is 0. The second-order valence-electron chi connectivity index (χ2n) is 0. The summed E-state index contributed by atoms with van der Waals surface area (Å²) in [7, 11) is 0. The number of halogens is 2. The molecule has 24 valence electrons. The summed E-state index contributed by atoms with van der Waals surface area (Å²) >= 11 is 0. The van der Waals surface area contributed by atoms with Crippen LogP contribution in [0.4, 0.5) is 9.41 Å². The van der Waals surface area contributed by atoms with E-state index in [9.17, 15) is 0 Å². The Morgan fingerprint density at radius 1 is 1.00 bits per heavy atom. The Labute approximate surface area is 96.3 Å². The Hall–Kier alpha value is 2.60. The van der Waals surface area contributed by atoms with E-state index in [4.69, 9.17) is 0 Å². The number of rotatable bonds is 0. The van der Waals surface area contributed by atoms with E-state index in [1.807, 2.05) is 0 Å². The van der Waals surface area contributed by atoms with Gasteiger partial charge >= 0.3 is 83.2 Å². The van der Waals surface area contributed by atoms with Crippen LogP contribution in [-0.4, -0.2) is 83.2 Å². The van der Waals surface area contributed by atoms with Gasteiger partial charge in [0.15, 0.2) is 0 Å². The maximum absolute atomic E-state index is 0. The van der Waals surface area contributed by atoms with Crippen molar-refractivity contribution in [2.45, 2.75) is 0 Å².